The fraction of sp³-hybridized carbons (Fsp3) is 1.00. The molecule has 3 aliphatic carbocycles. The van der Waals surface area contributed by atoms with Crippen LogP contribution in [0, 0.1) is 5.92 Å². The largest absolute Gasteiger partial charge is 0.347 e. The first-order valence-corrected chi connectivity index (χ1v) is 10.1. The Morgan fingerprint density at radius 3 is 2.08 bits per heavy atom. The maximum atomic E-state index is 6.24. The van der Waals surface area contributed by atoms with E-state index in [1.807, 2.05) is 0 Å². The third-order valence-electron chi connectivity index (χ3n) is 3.93. The minimum absolute atomic E-state index is 0.144. The molecule has 13 heavy (non-hydrogen) atoms. The van der Waals surface area contributed by atoms with Gasteiger partial charge in [0, 0.05) is 5.04 Å². The molecule has 0 aromatic carbocycles. The Morgan fingerprint density at radius 2 is 1.54 bits per heavy atom. The summed E-state index contributed by atoms with van der Waals surface area (Å²) in [6.45, 7) is 0. The fourth-order valence-corrected chi connectivity index (χ4v) is 6.79. The molecule has 0 atom stereocenters. The van der Waals surface area contributed by atoms with Crippen molar-refractivity contribution in [3.05, 3.63) is 0 Å². The van der Waals surface area contributed by atoms with E-state index in [0.717, 1.165) is 5.92 Å². The minimum atomic E-state index is -2.48. The Bertz CT molecular complexity index is 186. The molecule has 0 spiro atoms. The van der Waals surface area contributed by atoms with E-state index in [2.05, 4.69) is 0 Å². The van der Waals surface area contributed by atoms with Gasteiger partial charge >= 0.3 is 6.00 Å². The van der Waals surface area contributed by atoms with Gasteiger partial charge in [-0.3, -0.25) is 0 Å². The lowest BCUT2D eigenvalue weighted by Crippen LogP contribution is -2.35. The van der Waals surface area contributed by atoms with Crippen molar-refractivity contribution in [1.29, 1.82) is 0 Å². The van der Waals surface area contributed by atoms with Gasteiger partial charge in [0.2, 0.25) is 0 Å². The molecule has 3 aliphatic rings. The summed E-state index contributed by atoms with van der Waals surface area (Å²) < 4.78 is 0. The van der Waals surface area contributed by atoms with Crippen molar-refractivity contribution >= 4 is 39.2 Å². The summed E-state index contributed by atoms with van der Waals surface area (Å²) in [6, 6.07) is -2.48. The third-order valence-corrected chi connectivity index (χ3v) is 9.49. The highest BCUT2D eigenvalue weighted by Gasteiger charge is 2.53. The van der Waals surface area contributed by atoms with Crippen LogP contribution in [0.15, 0.2) is 0 Å². The molecule has 76 valence electrons. The molecule has 2 bridgehead atoms. The zero-order valence-electron chi connectivity index (χ0n) is 7.66. The molecule has 0 heterocycles. The van der Waals surface area contributed by atoms with E-state index in [-0.39, 0.29) is 5.04 Å². The quantitative estimate of drug-likeness (QED) is 0.469. The van der Waals surface area contributed by atoms with Gasteiger partial charge < -0.3 is 0 Å². The van der Waals surface area contributed by atoms with Gasteiger partial charge in [-0.1, -0.05) is 25.7 Å². The van der Waals surface area contributed by atoms with Crippen molar-refractivity contribution in [1.82, 2.24) is 0 Å². The molecule has 0 saturated heterocycles. The lowest BCUT2D eigenvalue weighted by molar-refractivity contribution is 0.318. The number of hydrogen-bond acceptors (Lipinski definition) is 0. The van der Waals surface area contributed by atoms with E-state index in [1.165, 1.54) is 44.9 Å². The van der Waals surface area contributed by atoms with Crippen molar-refractivity contribution in [2.24, 2.45) is 5.92 Å². The van der Waals surface area contributed by atoms with Gasteiger partial charge in [0.15, 0.2) is 0 Å². The molecule has 0 aromatic rings. The zero-order chi connectivity index (χ0) is 9.53. The van der Waals surface area contributed by atoms with Gasteiger partial charge in [-0.2, -0.15) is 0 Å². The van der Waals surface area contributed by atoms with Crippen LogP contribution in [0.4, 0.5) is 0 Å². The van der Waals surface area contributed by atoms with E-state index in [0.29, 0.717) is 0 Å². The van der Waals surface area contributed by atoms with Crippen LogP contribution < -0.4 is 0 Å². The second-order valence-electron chi connectivity index (χ2n) is 4.61. The molecular weight excluding hydrogens is 243 g/mol. The van der Waals surface area contributed by atoms with E-state index < -0.39 is 6.00 Å². The topological polar surface area (TPSA) is 0 Å². The summed E-state index contributed by atoms with van der Waals surface area (Å²) in [7, 11) is 0. The van der Waals surface area contributed by atoms with Crippen molar-refractivity contribution < 1.29 is 0 Å². The summed E-state index contributed by atoms with van der Waals surface area (Å²) in [5, 5.41) is 0.144. The second kappa shape index (κ2) is 3.59. The third kappa shape index (κ3) is 1.90. The van der Waals surface area contributed by atoms with Crippen LogP contribution in [-0.4, -0.2) is 6.00 Å². The molecule has 0 aromatic heterocycles. The van der Waals surface area contributed by atoms with Crippen LogP contribution in [0.3, 0.4) is 0 Å². The fourth-order valence-electron chi connectivity index (χ4n) is 2.92. The average molecular weight is 258 g/mol. The van der Waals surface area contributed by atoms with E-state index >= 15 is 0 Å². The van der Waals surface area contributed by atoms with Gasteiger partial charge in [-0.15, -0.1) is 33.2 Å². The maximum absolute atomic E-state index is 6.24. The highest BCUT2D eigenvalue weighted by Crippen LogP contribution is 2.62. The van der Waals surface area contributed by atoms with Gasteiger partial charge in [-0.25, -0.2) is 0 Å². The van der Waals surface area contributed by atoms with E-state index in [1.54, 1.807) is 0 Å². The van der Waals surface area contributed by atoms with E-state index in [9.17, 15) is 0 Å². The average Bonchev–Trinajstić information content (AvgIpc) is 2.35. The molecule has 0 unspecified atom stereocenters. The first-order chi connectivity index (χ1) is 6.04. The first-order valence-electron chi connectivity index (χ1n) is 5.10. The van der Waals surface area contributed by atoms with Gasteiger partial charge in [0.1, 0.15) is 0 Å². The zero-order valence-corrected chi connectivity index (χ0v) is 10.9. The predicted octanol–water partition coefficient (Wildman–Crippen LogP) is 4.76. The van der Waals surface area contributed by atoms with Crippen LogP contribution >= 0.6 is 33.2 Å². The van der Waals surface area contributed by atoms with Crippen LogP contribution in [0.25, 0.3) is 0 Å². The Morgan fingerprint density at radius 1 is 0.923 bits per heavy atom. The SMILES string of the molecule is Cl[Si](Cl)(Cl)C12CCCC(CC1)CC2. The molecule has 3 fully saturated rings. The lowest BCUT2D eigenvalue weighted by atomic mass is 9.83. The molecule has 0 radical (unpaired) electrons. The molecule has 4 heteroatoms. The Kier molecular flexibility index (Phi) is 2.92. The molecule has 0 nitrogen and oxygen atoms in total. The summed E-state index contributed by atoms with van der Waals surface area (Å²) in [5.74, 6) is 0.942. The minimum Gasteiger partial charge on any atom is -0.125 e. The van der Waals surface area contributed by atoms with Crippen molar-refractivity contribution in [2.45, 2.75) is 50.0 Å². The monoisotopic (exact) mass is 256 g/mol. The molecule has 0 aliphatic heterocycles. The lowest BCUT2D eigenvalue weighted by Gasteiger charge is -2.40. The van der Waals surface area contributed by atoms with Crippen LogP contribution in [0.5, 0.6) is 0 Å². The van der Waals surface area contributed by atoms with Gasteiger partial charge in [0.25, 0.3) is 0 Å². The number of hydrogen-bond donors (Lipinski definition) is 0. The number of fused-ring (bicyclic) bond motifs is 4. The maximum Gasteiger partial charge on any atom is 0.347 e. The van der Waals surface area contributed by atoms with Crippen LogP contribution in [0.2, 0.25) is 5.04 Å². The van der Waals surface area contributed by atoms with Crippen LogP contribution in [-0.2, 0) is 0 Å². The molecule has 3 saturated carbocycles. The predicted molar refractivity (Wildman–Crippen MR) is 61.8 cm³/mol. The van der Waals surface area contributed by atoms with Gasteiger partial charge in [0.05, 0.1) is 0 Å². The standard InChI is InChI=1S/C9H15Cl3Si/c10-13(11,12)9-5-1-2-8(3-6-9)4-7-9/h8H,1-7H2. The summed E-state index contributed by atoms with van der Waals surface area (Å²) in [4.78, 5) is 0. The molecular formula is C9H15Cl3Si. The smallest absolute Gasteiger partial charge is 0.125 e. The van der Waals surface area contributed by atoms with E-state index in [4.69, 9.17) is 33.2 Å². The van der Waals surface area contributed by atoms with Crippen LogP contribution in [0.1, 0.15) is 44.9 Å². The Labute approximate surface area is 95.1 Å². The van der Waals surface area contributed by atoms with Crippen molar-refractivity contribution in [2.75, 3.05) is 0 Å². The molecule has 0 N–H and O–H groups in total. The van der Waals surface area contributed by atoms with Gasteiger partial charge in [-0.05, 0) is 25.2 Å². The normalized spacial score (nSPS) is 40.4. The first kappa shape index (κ1) is 10.6. The number of halogens is 3. The van der Waals surface area contributed by atoms with Crippen molar-refractivity contribution in [3.63, 3.8) is 0 Å². The summed E-state index contributed by atoms with van der Waals surface area (Å²) >= 11 is 18.7. The Balaban J connectivity index is 2.21. The summed E-state index contributed by atoms with van der Waals surface area (Å²) in [6.07, 6.45) is 8.80. The second-order valence-corrected chi connectivity index (χ2v) is 13.5. The molecule has 3 rings (SSSR count). The number of rotatable bonds is 1. The highest BCUT2D eigenvalue weighted by molar-refractivity contribution is 7.65. The van der Waals surface area contributed by atoms with Crippen molar-refractivity contribution in [3.8, 4) is 0 Å². The molecule has 0 amide bonds. The Hall–Kier alpha value is 1.09. The summed E-state index contributed by atoms with van der Waals surface area (Å²) in [5.41, 5.74) is 0. The highest BCUT2D eigenvalue weighted by atomic mass is 35.8.